The Bertz CT molecular complexity index is 4260. The molecule has 0 saturated heterocycles. The number of hydrogen-bond acceptors (Lipinski definition) is 16. The molecular formula is C60H34N10O2S4. The number of nitrogens with zero attached hydrogens (tertiary/aromatic N) is 10. The number of phenols is 2. The molecule has 14 aromatic rings. The molecule has 0 aliphatic heterocycles. The zero-order chi connectivity index (χ0) is 50.7. The fourth-order valence-corrected chi connectivity index (χ4v) is 12.9. The fourth-order valence-electron chi connectivity index (χ4n) is 9.02. The van der Waals surface area contributed by atoms with Crippen molar-refractivity contribution in [2.45, 2.75) is 0 Å². The summed E-state index contributed by atoms with van der Waals surface area (Å²) in [5.41, 5.74) is 9.73. The van der Waals surface area contributed by atoms with Crippen LogP contribution in [-0.2, 0) is 0 Å². The Morgan fingerprint density at radius 3 is 0.947 bits per heavy atom. The van der Waals surface area contributed by atoms with Crippen LogP contribution in [0.3, 0.4) is 0 Å². The molecule has 2 N–H and O–H groups in total. The summed E-state index contributed by atoms with van der Waals surface area (Å²) < 4.78 is 4.27. The summed E-state index contributed by atoms with van der Waals surface area (Å²) in [6, 6.07) is 62.6. The van der Waals surface area contributed by atoms with Crippen LogP contribution >= 0.6 is 45.3 Å². The Morgan fingerprint density at radius 2 is 0.605 bits per heavy atom. The second kappa shape index (κ2) is 18.9. The molecule has 0 radical (unpaired) electrons. The normalized spacial score (nSPS) is 12.2. The Kier molecular flexibility index (Phi) is 11.2. The van der Waals surface area contributed by atoms with E-state index >= 15 is 0 Å². The Balaban J connectivity index is 0.725. The second-order valence-electron chi connectivity index (χ2n) is 17.7. The van der Waals surface area contributed by atoms with Gasteiger partial charge in [-0.2, -0.15) is 20.5 Å². The van der Waals surface area contributed by atoms with Gasteiger partial charge in [0, 0.05) is 21.9 Å². The van der Waals surface area contributed by atoms with Gasteiger partial charge in [0.25, 0.3) is 0 Å². The number of thiazole rings is 4. The van der Waals surface area contributed by atoms with Crippen molar-refractivity contribution in [1.29, 1.82) is 0 Å². The Hall–Kier alpha value is -9.32. The van der Waals surface area contributed by atoms with E-state index in [1.807, 2.05) is 121 Å². The molecule has 4 heterocycles. The van der Waals surface area contributed by atoms with Crippen molar-refractivity contribution in [3.05, 3.63) is 194 Å². The van der Waals surface area contributed by atoms with E-state index in [0.717, 1.165) is 83.6 Å². The lowest BCUT2D eigenvalue weighted by Gasteiger charge is -2.10. The lowest BCUT2D eigenvalue weighted by Crippen LogP contribution is -1.84. The molecule has 10 aromatic carbocycles. The topological polar surface area (TPSA) is 166 Å². The first kappa shape index (κ1) is 45.3. The zero-order valence-corrected chi connectivity index (χ0v) is 42.7. The van der Waals surface area contributed by atoms with Crippen LogP contribution < -0.4 is 0 Å². The zero-order valence-electron chi connectivity index (χ0n) is 39.5. The number of benzene rings is 10. The summed E-state index contributed by atoms with van der Waals surface area (Å²) >= 11 is 6.31. The van der Waals surface area contributed by atoms with Crippen molar-refractivity contribution in [2.24, 2.45) is 30.7 Å². The molecule has 360 valence electrons. The van der Waals surface area contributed by atoms with Crippen molar-refractivity contribution < 1.29 is 10.2 Å². The monoisotopic (exact) mass is 1050 g/mol. The van der Waals surface area contributed by atoms with Crippen LogP contribution in [0.2, 0.25) is 0 Å². The van der Waals surface area contributed by atoms with Gasteiger partial charge in [-0.15, -0.1) is 55.6 Å². The summed E-state index contributed by atoms with van der Waals surface area (Å²) in [7, 11) is 0. The maximum atomic E-state index is 11.9. The fraction of sp³-hybridized carbons (Fsp3) is 0. The molecule has 76 heavy (non-hydrogen) atoms. The van der Waals surface area contributed by atoms with E-state index in [1.165, 1.54) is 22.7 Å². The molecule has 0 atom stereocenters. The number of aromatic hydroxyl groups is 2. The first-order chi connectivity index (χ1) is 37.4. The van der Waals surface area contributed by atoms with Gasteiger partial charge in [0.05, 0.1) is 74.7 Å². The quantitative estimate of drug-likeness (QED) is 0.129. The van der Waals surface area contributed by atoms with Gasteiger partial charge in [-0.1, -0.05) is 72.8 Å². The summed E-state index contributed by atoms with van der Waals surface area (Å²) in [6.07, 6.45) is 0. The molecule has 0 amide bonds. The first-order valence-electron chi connectivity index (χ1n) is 23.9. The van der Waals surface area contributed by atoms with Crippen LogP contribution in [0.4, 0.5) is 34.1 Å². The van der Waals surface area contributed by atoms with Gasteiger partial charge in [-0.3, -0.25) is 0 Å². The number of para-hydroxylation sites is 4. The van der Waals surface area contributed by atoms with Crippen molar-refractivity contribution >= 4 is 142 Å². The number of azo groups is 3. The van der Waals surface area contributed by atoms with E-state index in [9.17, 15) is 10.2 Å². The smallest absolute Gasteiger partial charge is 0.154 e. The van der Waals surface area contributed by atoms with Crippen LogP contribution in [0.1, 0.15) is 0 Å². The molecule has 0 bridgehead atoms. The minimum absolute atomic E-state index is 0.00193. The molecule has 0 aliphatic carbocycles. The predicted molar refractivity (Wildman–Crippen MR) is 311 cm³/mol. The minimum Gasteiger partial charge on any atom is -0.505 e. The number of fused-ring (bicyclic) bond motifs is 6. The molecule has 0 saturated carbocycles. The van der Waals surface area contributed by atoms with Crippen LogP contribution in [0.5, 0.6) is 11.5 Å². The van der Waals surface area contributed by atoms with Crippen molar-refractivity contribution in [3.63, 3.8) is 0 Å². The molecule has 0 aliphatic rings. The van der Waals surface area contributed by atoms with E-state index in [-0.39, 0.29) is 11.5 Å². The highest BCUT2D eigenvalue weighted by Crippen LogP contribution is 2.49. The van der Waals surface area contributed by atoms with Gasteiger partial charge in [-0.25, -0.2) is 19.9 Å². The van der Waals surface area contributed by atoms with E-state index in [0.29, 0.717) is 55.3 Å². The first-order valence-corrected chi connectivity index (χ1v) is 27.2. The molecule has 4 aromatic heterocycles. The summed E-state index contributed by atoms with van der Waals surface area (Å²) in [6.45, 7) is 0. The third-order valence-corrected chi connectivity index (χ3v) is 17.1. The average molecular weight is 1060 g/mol. The molecule has 0 fully saturated rings. The number of hydrogen-bond donors (Lipinski definition) is 2. The molecule has 12 nitrogen and oxygen atoms in total. The standard InChI is InChI=1S/C60H34N10O2S4/c71-55-43(59-63-47-11-3-7-15-51(47)75-59)31-35-29-33(57-61-45-9-1-5-13-49(45)73-57)17-27-41(35)53(55)69-67-39-23-19-37(20-24-39)65-66-38-21-25-40(26-22-38)68-70-54-42-28-18-34(58-62-46-10-2-6-14-50(46)74-58)30-36(42)32-44(56(54)72)60-64-48-12-4-8-16-52(48)76-60/h1-32,71-72H. The highest BCUT2D eigenvalue weighted by molar-refractivity contribution is 7.22. The molecule has 0 spiro atoms. The summed E-state index contributed by atoms with van der Waals surface area (Å²) in [5, 5.41) is 57.6. The van der Waals surface area contributed by atoms with Gasteiger partial charge < -0.3 is 10.2 Å². The van der Waals surface area contributed by atoms with Gasteiger partial charge in [0.2, 0.25) is 0 Å². The Morgan fingerprint density at radius 1 is 0.303 bits per heavy atom. The number of phenolic OH excluding ortho intramolecular Hbond substituents is 2. The van der Waals surface area contributed by atoms with Gasteiger partial charge in [0.1, 0.15) is 31.4 Å². The lowest BCUT2D eigenvalue weighted by atomic mass is 10.0. The highest BCUT2D eigenvalue weighted by atomic mass is 32.1. The Labute approximate surface area is 447 Å². The lowest BCUT2D eigenvalue weighted by molar-refractivity contribution is 0.478. The van der Waals surface area contributed by atoms with Crippen LogP contribution in [0.25, 0.3) is 105 Å². The van der Waals surface area contributed by atoms with Gasteiger partial charge in [0.15, 0.2) is 11.5 Å². The molecule has 14 rings (SSSR count). The summed E-state index contributed by atoms with van der Waals surface area (Å²) in [4.78, 5) is 19.5. The van der Waals surface area contributed by atoms with E-state index in [1.54, 1.807) is 71.2 Å². The van der Waals surface area contributed by atoms with Crippen molar-refractivity contribution in [1.82, 2.24) is 19.9 Å². The average Bonchev–Trinajstić information content (AvgIpc) is 4.32. The van der Waals surface area contributed by atoms with Crippen molar-refractivity contribution in [2.75, 3.05) is 0 Å². The van der Waals surface area contributed by atoms with Crippen LogP contribution in [-0.4, -0.2) is 30.1 Å². The molecule has 16 heteroatoms. The van der Waals surface area contributed by atoms with Gasteiger partial charge >= 0.3 is 0 Å². The van der Waals surface area contributed by atoms with E-state index in [4.69, 9.17) is 19.9 Å². The SMILES string of the molecule is Oc1c(-c2nc3ccccc3s2)cc2cc(-c3nc4ccccc4s3)ccc2c1N=Nc1ccc(N=Nc2ccc(N=Nc3c(O)c(-c4nc5ccccc5s4)cc4cc(-c5nc6ccccc6s5)ccc34)cc2)cc1. The molecule has 0 unspecified atom stereocenters. The third-order valence-electron chi connectivity index (χ3n) is 12.8. The number of rotatable bonds is 10. The van der Waals surface area contributed by atoms with E-state index < -0.39 is 0 Å². The maximum absolute atomic E-state index is 11.9. The number of aromatic nitrogens is 4. The highest BCUT2D eigenvalue weighted by Gasteiger charge is 2.21. The second-order valence-corrected chi connectivity index (χ2v) is 21.8. The van der Waals surface area contributed by atoms with Crippen molar-refractivity contribution in [3.8, 4) is 53.8 Å². The van der Waals surface area contributed by atoms with Gasteiger partial charge in [-0.05, 0) is 132 Å². The summed E-state index contributed by atoms with van der Waals surface area (Å²) in [5.74, 6) is -0.00387. The largest absolute Gasteiger partial charge is 0.505 e. The maximum Gasteiger partial charge on any atom is 0.154 e. The van der Waals surface area contributed by atoms with Crippen LogP contribution in [0.15, 0.2) is 225 Å². The minimum atomic E-state index is -0.00193. The third kappa shape index (κ3) is 8.50. The molecular weight excluding hydrogens is 1020 g/mol. The predicted octanol–water partition coefficient (Wildman–Crippen LogP) is 19.8. The van der Waals surface area contributed by atoms with E-state index in [2.05, 4.69) is 55.0 Å². The van der Waals surface area contributed by atoms with Crippen LogP contribution in [0, 0.1) is 0 Å².